The van der Waals surface area contributed by atoms with Crippen molar-refractivity contribution in [3.63, 3.8) is 0 Å². The predicted molar refractivity (Wildman–Crippen MR) is 124 cm³/mol. The molecule has 10 heteroatoms. The lowest BCUT2D eigenvalue weighted by molar-refractivity contribution is -0.153. The average molecular weight is 495 g/mol. The van der Waals surface area contributed by atoms with Gasteiger partial charge in [-0.05, 0) is 44.5 Å². The normalized spacial score (nSPS) is 22.5. The maximum absolute atomic E-state index is 14.7. The van der Waals surface area contributed by atoms with Gasteiger partial charge in [0, 0.05) is 38.8 Å². The van der Waals surface area contributed by atoms with E-state index in [1.54, 1.807) is 18.5 Å². The van der Waals surface area contributed by atoms with E-state index < -0.39 is 35.6 Å². The summed E-state index contributed by atoms with van der Waals surface area (Å²) >= 11 is 7.20. The first kappa shape index (κ1) is 20.9. The van der Waals surface area contributed by atoms with Crippen molar-refractivity contribution >= 4 is 39.9 Å². The second-order valence-electron chi connectivity index (χ2n) is 8.06. The van der Waals surface area contributed by atoms with Gasteiger partial charge >= 0.3 is 5.97 Å². The zero-order chi connectivity index (χ0) is 25.4. The Morgan fingerprint density at radius 3 is 2.94 bits per heavy atom. The first-order valence-electron chi connectivity index (χ1n) is 11.3. The third-order valence-electron chi connectivity index (χ3n) is 5.81. The summed E-state index contributed by atoms with van der Waals surface area (Å²) in [6.45, 7) is -0.521. The third-order valence-corrected chi connectivity index (χ3v) is 6.79. The Hall–Kier alpha value is -2.62. The van der Waals surface area contributed by atoms with Gasteiger partial charge in [0.05, 0.1) is 16.1 Å². The van der Waals surface area contributed by atoms with Crippen molar-refractivity contribution in [2.24, 2.45) is 5.41 Å². The monoisotopic (exact) mass is 494 g/mol. The molecule has 0 saturated carbocycles. The number of pyridine rings is 1. The van der Waals surface area contributed by atoms with E-state index in [2.05, 4.69) is 15.3 Å². The number of carbonyl (C=O) groups is 1. The Morgan fingerprint density at radius 1 is 1.42 bits per heavy atom. The summed E-state index contributed by atoms with van der Waals surface area (Å²) in [7, 11) is 0. The Balaban J connectivity index is 1.58. The highest BCUT2D eigenvalue weighted by Crippen LogP contribution is 2.39. The molecule has 0 radical (unpaired) electrons. The number of aromatic nitrogens is 2. The minimum atomic E-state index is -2.22. The number of benzene rings is 1. The third kappa shape index (κ3) is 5.15. The molecule has 0 amide bonds. The van der Waals surface area contributed by atoms with Crippen molar-refractivity contribution in [3.05, 3.63) is 69.8 Å². The molecule has 0 unspecified atom stereocenters. The molecule has 1 fully saturated rings. The molecule has 0 spiro atoms. The second kappa shape index (κ2) is 9.70. The molecule has 1 aliphatic heterocycles. The Bertz CT molecular complexity index is 1230. The van der Waals surface area contributed by atoms with Gasteiger partial charge in [0.1, 0.15) is 17.5 Å². The number of halogens is 3. The molecule has 4 rings (SSSR count). The zero-order valence-corrected chi connectivity index (χ0v) is 19.3. The van der Waals surface area contributed by atoms with Crippen LogP contribution in [0.4, 0.5) is 19.7 Å². The lowest BCUT2D eigenvalue weighted by Crippen LogP contribution is -2.50. The van der Waals surface area contributed by atoms with E-state index in [9.17, 15) is 18.7 Å². The summed E-state index contributed by atoms with van der Waals surface area (Å²) in [4.78, 5) is 22.3. The van der Waals surface area contributed by atoms with Gasteiger partial charge in [0.2, 0.25) is 0 Å². The van der Waals surface area contributed by atoms with Crippen LogP contribution in [0.2, 0.25) is 5.02 Å². The SMILES string of the molecule is [2H]C([2H])(c1cccc(Cl)c1F)N1CC[C@@](Cc2nc(Nc3nccs3)ccc2F)(C(=O)O)C[C@@H]1C. The summed E-state index contributed by atoms with van der Waals surface area (Å²) in [5.41, 5.74) is -1.58. The number of anilines is 2. The Kier molecular flexibility index (Phi) is 6.16. The van der Waals surface area contributed by atoms with Gasteiger partial charge < -0.3 is 10.4 Å². The molecule has 2 N–H and O–H groups in total. The lowest BCUT2D eigenvalue weighted by atomic mass is 9.72. The first-order chi connectivity index (χ1) is 16.5. The summed E-state index contributed by atoms with van der Waals surface area (Å²) in [5, 5.41) is 15.3. The molecule has 0 aliphatic carbocycles. The number of nitrogens with zero attached hydrogens (tertiary/aromatic N) is 3. The molecular formula is C23H23ClF2N4O2S. The maximum Gasteiger partial charge on any atom is 0.310 e. The zero-order valence-electron chi connectivity index (χ0n) is 19.7. The molecule has 174 valence electrons. The molecule has 2 atom stereocenters. The van der Waals surface area contributed by atoms with Gasteiger partial charge in [0.15, 0.2) is 5.13 Å². The number of carboxylic acid groups (broad SMARTS) is 1. The highest BCUT2D eigenvalue weighted by molar-refractivity contribution is 7.13. The minimum absolute atomic E-state index is 0.00139. The molecule has 0 bridgehead atoms. The van der Waals surface area contributed by atoms with Crippen molar-refractivity contribution in [3.8, 4) is 0 Å². The smallest absolute Gasteiger partial charge is 0.310 e. The van der Waals surface area contributed by atoms with Crippen LogP contribution >= 0.6 is 22.9 Å². The number of hydrogen-bond donors (Lipinski definition) is 2. The number of nitrogens with one attached hydrogen (secondary N) is 1. The molecule has 1 aliphatic rings. The van der Waals surface area contributed by atoms with Crippen LogP contribution in [0.5, 0.6) is 0 Å². The van der Waals surface area contributed by atoms with Crippen molar-refractivity contribution in [1.82, 2.24) is 14.9 Å². The number of piperidine rings is 1. The van der Waals surface area contributed by atoms with Gasteiger partial charge in [-0.2, -0.15) is 0 Å². The molecule has 1 saturated heterocycles. The number of carboxylic acids is 1. The topological polar surface area (TPSA) is 78.4 Å². The standard InChI is InChI=1S/C23H23ClF2N4O2S/c1-14-11-23(21(31)32,7-9-30(14)13-15-3-2-4-16(24)20(15)26)12-18-17(25)5-6-19(28-18)29-22-27-8-10-33-22/h2-6,8,10,14H,7,9,11-13H2,1H3,(H,31,32)(H,27,28,29)/t14-,23+/m0/s1/i13D2. The van der Waals surface area contributed by atoms with E-state index in [4.69, 9.17) is 14.3 Å². The number of rotatable bonds is 7. The van der Waals surface area contributed by atoms with E-state index in [0.717, 1.165) is 0 Å². The highest BCUT2D eigenvalue weighted by atomic mass is 35.5. The van der Waals surface area contributed by atoms with Crippen LogP contribution in [0, 0.1) is 17.0 Å². The van der Waals surface area contributed by atoms with Crippen molar-refractivity contribution < 1.29 is 21.4 Å². The van der Waals surface area contributed by atoms with Crippen LogP contribution < -0.4 is 5.32 Å². The van der Waals surface area contributed by atoms with Gasteiger partial charge in [-0.15, -0.1) is 11.3 Å². The van der Waals surface area contributed by atoms with Gasteiger partial charge in [-0.25, -0.2) is 18.7 Å². The van der Waals surface area contributed by atoms with E-state index in [0.29, 0.717) is 10.9 Å². The molecule has 33 heavy (non-hydrogen) atoms. The van der Waals surface area contributed by atoms with Crippen LogP contribution in [0.25, 0.3) is 0 Å². The summed E-state index contributed by atoms with van der Waals surface area (Å²) in [6.07, 6.45) is 1.49. The number of likely N-dealkylation sites (tertiary alicyclic amines) is 1. The second-order valence-corrected chi connectivity index (χ2v) is 9.36. The van der Waals surface area contributed by atoms with Crippen molar-refractivity contribution in [2.75, 3.05) is 11.9 Å². The minimum Gasteiger partial charge on any atom is -0.481 e. The number of thiazole rings is 1. The van der Waals surface area contributed by atoms with Crippen molar-refractivity contribution in [1.29, 1.82) is 0 Å². The van der Waals surface area contributed by atoms with E-state index in [1.807, 2.05) is 0 Å². The molecule has 2 aromatic heterocycles. The molecule has 6 nitrogen and oxygen atoms in total. The average Bonchev–Trinajstić information content (AvgIpc) is 3.30. The Labute approximate surface area is 202 Å². The van der Waals surface area contributed by atoms with E-state index in [1.165, 1.54) is 46.6 Å². The van der Waals surface area contributed by atoms with Crippen molar-refractivity contribution in [2.45, 2.75) is 38.7 Å². The molecular weight excluding hydrogens is 470 g/mol. The maximum atomic E-state index is 14.7. The lowest BCUT2D eigenvalue weighted by Gasteiger charge is -2.43. The fraction of sp³-hybridized carbons (Fsp3) is 0.348. The highest BCUT2D eigenvalue weighted by Gasteiger charge is 2.45. The quantitative estimate of drug-likeness (QED) is 0.451. The van der Waals surface area contributed by atoms with E-state index >= 15 is 0 Å². The fourth-order valence-electron chi connectivity index (χ4n) is 4.07. The van der Waals surface area contributed by atoms with Crippen LogP contribution in [0.15, 0.2) is 41.9 Å². The molecule has 3 aromatic rings. The van der Waals surface area contributed by atoms with Crippen LogP contribution in [-0.2, 0) is 17.7 Å². The largest absolute Gasteiger partial charge is 0.481 e. The van der Waals surface area contributed by atoms with E-state index in [-0.39, 0.29) is 42.1 Å². The Morgan fingerprint density at radius 2 is 2.24 bits per heavy atom. The summed E-state index contributed by atoms with van der Waals surface area (Å²) < 4.78 is 46.5. The predicted octanol–water partition coefficient (Wildman–Crippen LogP) is 5.51. The van der Waals surface area contributed by atoms with Gasteiger partial charge in [0.25, 0.3) is 0 Å². The molecule has 1 aromatic carbocycles. The van der Waals surface area contributed by atoms with Crippen LogP contribution in [0.3, 0.4) is 0 Å². The van der Waals surface area contributed by atoms with Crippen LogP contribution in [0.1, 0.15) is 33.8 Å². The first-order valence-corrected chi connectivity index (χ1v) is 11.6. The number of aliphatic carboxylic acids is 1. The fourth-order valence-corrected chi connectivity index (χ4v) is 4.78. The molecule has 3 heterocycles. The van der Waals surface area contributed by atoms with Crippen LogP contribution in [-0.4, -0.2) is 38.5 Å². The summed E-state index contributed by atoms with van der Waals surface area (Å²) in [6, 6.07) is 6.22. The number of hydrogen-bond acceptors (Lipinski definition) is 6. The van der Waals surface area contributed by atoms with Gasteiger partial charge in [-0.1, -0.05) is 23.7 Å². The summed E-state index contributed by atoms with van der Waals surface area (Å²) in [5.74, 6) is -2.24. The van der Waals surface area contributed by atoms with Gasteiger partial charge in [-0.3, -0.25) is 9.69 Å².